The molecule has 5 rings (SSSR count). The zero-order valence-electron chi connectivity index (χ0n) is 16.7. The van der Waals surface area contributed by atoms with Crippen molar-refractivity contribution in [3.63, 3.8) is 0 Å². The number of carbonyl (C=O) groups excluding carboxylic acids is 1. The van der Waals surface area contributed by atoms with Crippen LogP contribution in [-0.2, 0) is 11.3 Å². The molecule has 3 aromatic rings. The summed E-state index contributed by atoms with van der Waals surface area (Å²) in [5.74, 6) is 2.52. The van der Waals surface area contributed by atoms with Gasteiger partial charge in [0.15, 0.2) is 0 Å². The second-order valence-corrected chi connectivity index (χ2v) is 8.25. The van der Waals surface area contributed by atoms with Gasteiger partial charge in [-0.1, -0.05) is 18.6 Å². The maximum atomic E-state index is 12.9. The number of piperidine rings is 1. The number of imidazole rings is 1. The molecule has 1 aliphatic heterocycles. The van der Waals surface area contributed by atoms with Crippen molar-refractivity contribution < 1.29 is 9.21 Å². The molecule has 1 saturated heterocycles. The summed E-state index contributed by atoms with van der Waals surface area (Å²) in [5, 5.41) is 3.17. The molecule has 6 nitrogen and oxygen atoms in total. The summed E-state index contributed by atoms with van der Waals surface area (Å²) in [6, 6.07) is 12.1. The number of hydrogen-bond acceptors (Lipinski definition) is 4. The van der Waals surface area contributed by atoms with E-state index in [0.717, 1.165) is 35.7 Å². The first-order valence-corrected chi connectivity index (χ1v) is 10.8. The Balaban J connectivity index is 1.30. The minimum Gasteiger partial charge on any atom is -0.468 e. The number of fused-ring (bicyclic) bond motifs is 1. The van der Waals surface area contributed by atoms with Crippen molar-refractivity contribution in [3.05, 3.63) is 54.2 Å². The quantitative estimate of drug-likeness (QED) is 0.663. The Labute approximate surface area is 170 Å². The highest BCUT2D eigenvalue weighted by Crippen LogP contribution is 2.40. The predicted octanol–water partition coefficient (Wildman–Crippen LogP) is 3.85. The number of carbonyl (C=O) groups is 1. The van der Waals surface area contributed by atoms with Crippen molar-refractivity contribution >= 4 is 16.9 Å². The fourth-order valence-electron chi connectivity index (χ4n) is 4.44. The highest BCUT2D eigenvalue weighted by atomic mass is 16.3. The molecule has 6 heteroatoms. The van der Waals surface area contributed by atoms with Gasteiger partial charge >= 0.3 is 0 Å². The maximum absolute atomic E-state index is 12.9. The summed E-state index contributed by atoms with van der Waals surface area (Å²) in [6.45, 7) is 2.99. The number of likely N-dealkylation sites (tertiary alicyclic amines) is 1. The average Bonchev–Trinajstić information content (AvgIpc) is 3.33. The topological polar surface area (TPSA) is 63.3 Å². The number of nitrogens with zero attached hydrogens (tertiary/aromatic N) is 3. The Morgan fingerprint density at radius 2 is 1.97 bits per heavy atom. The van der Waals surface area contributed by atoms with E-state index in [4.69, 9.17) is 9.40 Å². The van der Waals surface area contributed by atoms with Crippen LogP contribution in [0, 0.1) is 0 Å². The molecule has 1 N–H and O–H groups in total. The van der Waals surface area contributed by atoms with E-state index in [1.54, 1.807) is 6.26 Å². The van der Waals surface area contributed by atoms with Crippen LogP contribution in [0.4, 0.5) is 0 Å². The Hall–Kier alpha value is -2.60. The maximum Gasteiger partial charge on any atom is 0.240 e. The van der Waals surface area contributed by atoms with E-state index >= 15 is 0 Å². The van der Waals surface area contributed by atoms with Gasteiger partial charge in [0.05, 0.1) is 23.3 Å². The van der Waals surface area contributed by atoms with E-state index in [2.05, 4.69) is 20.9 Å². The highest BCUT2D eigenvalue weighted by Gasteiger charge is 2.30. The third kappa shape index (κ3) is 3.94. The predicted molar refractivity (Wildman–Crippen MR) is 112 cm³/mol. The average molecular weight is 393 g/mol. The largest absolute Gasteiger partial charge is 0.468 e. The van der Waals surface area contributed by atoms with Crippen LogP contribution in [0.5, 0.6) is 0 Å². The molecule has 1 aromatic carbocycles. The lowest BCUT2D eigenvalue weighted by Crippen LogP contribution is -2.41. The molecule has 0 unspecified atom stereocenters. The lowest BCUT2D eigenvalue weighted by molar-refractivity contribution is -0.122. The van der Waals surface area contributed by atoms with Crippen LogP contribution in [0.15, 0.2) is 47.1 Å². The molecule has 1 aliphatic carbocycles. The zero-order chi connectivity index (χ0) is 19.6. The normalized spacial score (nSPS) is 18.8. The molecule has 2 aromatic heterocycles. The van der Waals surface area contributed by atoms with Crippen LogP contribution in [0.3, 0.4) is 0 Å². The first kappa shape index (κ1) is 18.4. The highest BCUT2D eigenvalue weighted by molar-refractivity contribution is 5.81. The third-order valence-electron chi connectivity index (χ3n) is 6.12. The SMILES string of the molecule is O=C(Cn1c(C2CC2)nc2ccccc21)NC[C@@H](c1ccco1)N1CCCCC1. The lowest BCUT2D eigenvalue weighted by Gasteiger charge is -2.33. The van der Waals surface area contributed by atoms with Crippen LogP contribution in [0.1, 0.15) is 55.6 Å². The fourth-order valence-corrected chi connectivity index (χ4v) is 4.44. The molecule has 0 radical (unpaired) electrons. The smallest absolute Gasteiger partial charge is 0.240 e. The number of para-hydroxylation sites is 2. The van der Waals surface area contributed by atoms with E-state index in [0.29, 0.717) is 19.0 Å². The van der Waals surface area contributed by atoms with E-state index in [1.807, 2.05) is 30.3 Å². The molecule has 0 bridgehead atoms. The van der Waals surface area contributed by atoms with Crippen LogP contribution in [-0.4, -0.2) is 40.0 Å². The molecule has 2 fully saturated rings. The van der Waals surface area contributed by atoms with Gasteiger partial charge in [-0.25, -0.2) is 4.98 Å². The molecule has 0 spiro atoms. The summed E-state index contributed by atoms with van der Waals surface area (Å²) in [6.07, 6.45) is 7.74. The van der Waals surface area contributed by atoms with E-state index in [1.165, 1.54) is 32.1 Å². The molecule has 1 atom stereocenters. The molecule has 152 valence electrons. The molecule has 1 amide bonds. The summed E-state index contributed by atoms with van der Waals surface area (Å²) in [5.41, 5.74) is 2.02. The molecular weight excluding hydrogens is 364 g/mol. The van der Waals surface area contributed by atoms with Crippen LogP contribution >= 0.6 is 0 Å². The van der Waals surface area contributed by atoms with Gasteiger partial charge in [-0.2, -0.15) is 0 Å². The van der Waals surface area contributed by atoms with E-state index < -0.39 is 0 Å². The Bertz CT molecular complexity index is 968. The number of furan rings is 1. The van der Waals surface area contributed by atoms with Gasteiger partial charge in [0, 0.05) is 12.5 Å². The first-order chi connectivity index (χ1) is 14.3. The molecule has 1 saturated carbocycles. The fraction of sp³-hybridized carbons (Fsp3) is 0.478. The number of hydrogen-bond donors (Lipinski definition) is 1. The zero-order valence-corrected chi connectivity index (χ0v) is 16.7. The van der Waals surface area contributed by atoms with E-state index in [9.17, 15) is 4.79 Å². The van der Waals surface area contributed by atoms with Crippen molar-refractivity contribution in [2.45, 2.75) is 50.6 Å². The van der Waals surface area contributed by atoms with Crippen molar-refractivity contribution in [1.29, 1.82) is 0 Å². The van der Waals surface area contributed by atoms with Gasteiger partial charge in [-0.3, -0.25) is 9.69 Å². The van der Waals surface area contributed by atoms with Crippen LogP contribution in [0.25, 0.3) is 11.0 Å². The van der Waals surface area contributed by atoms with Gasteiger partial charge in [0.1, 0.15) is 18.1 Å². The van der Waals surface area contributed by atoms with Crippen LogP contribution < -0.4 is 5.32 Å². The summed E-state index contributed by atoms with van der Waals surface area (Å²) in [4.78, 5) is 20.1. The second kappa shape index (κ2) is 8.03. The summed E-state index contributed by atoms with van der Waals surface area (Å²) < 4.78 is 7.80. The Morgan fingerprint density at radius 3 is 2.72 bits per heavy atom. The number of rotatable bonds is 7. The minimum atomic E-state index is 0.0311. The minimum absolute atomic E-state index is 0.0311. The van der Waals surface area contributed by atoms with Gasteiger partial charge in [0.25, 0.3) is 0 Å². The monoisotopic (exact) mass is 392 g/mol. The van der Waals surface area contributed by atoms with E-state index in [-0.39, 0.29) is 11.9 Å². The molecule has 29 heavy (non-hydrogen) atoms. The number of nitrogens with one attached hydrogen (secondary N) is 1. The molecular formula is C23H28N4O2. The molecule has 2 aliphatic rings. The van der Waals surface area contributed by atoms with Gasteiger partial charge < -0.3 is 14.3 Å². The van der Waals surface area contributed by atoms with Crippen molar-refractivity contribution in [2.24, 2.45) is 0 Å². The van der Waals surface area contributed by atoms with Crippen molar-refractivity contribution in [2.75, 3.05) is 19.6 Å². The standard InChI is InChI=1S/C23H28N4O2/c28-22(16-27-19-8-3-2-7-18(19)25-23(27)17-10-11-17)24-15-20(21-9-6-14-29-21)26-12-4-1-5-13-26/h2-3,6-9,14,17,20H,1,4-5,10-13,15-16H2,(H,24,28)/t20-/m0/s1. The number of amides is 1. The number of benzene rings is 1. The number of aromatic nitrogens is 2. The Morgan fingerprint density at radius 1 is 1.14 bits per heavy atom. The molecule has 3 heterocycles. The van der Waals surface area contributed by atoms with Gasteiger partial charge in [-0.15, -0.1) is 0 Å². The second-order valence-electron chi connectivity index (χ2n) is 8.25. The van der Waals surface area contributed by atoms with Gasteiger partial charge in [-0.05, 0) is 63.0 Å². The van der Waals surface area contributed by atoms with Crippen molar-refractivity contribution in [1.82, 2.24) is 19.8 Å². The lowest BCUT2D eigenvalue weighted by atomic mass is 10.1. The van der Waals surface area contributed by atoms with Crippen LogP contribution in [0.2, 0.25) is 0 Å². The third-order valence-corrected chi connectivity index (χ3v) is 6.12. The van der Waals surface area contributed by atoms with Crippen molar-refractivity contribution in [3.8, 4) is 0 Å². The Kier molecular flexibility index (Phi) is 5.10. The summed E-state index contributed by atoms with van der Waals surface area (Å²) in [7, 11) is 0. The summed E-state index contributed by atoms with van der Waals surface area (Å²) >= 11 is 0. The first-order valence-electron chi connectivity index (χ1n) is 10.8. The van der Waals surface area contributed by atoms with Gasteiger partial charge in [0.2, 0.25) is 5.91 Å².